The highest BCUT2D eigenvalue weighted by Gasteiger charge is 2.30. The van der Waals surface area contributed by atoms with Crippen molar-refractivity contribution in [2.75, 3.05) is 11.9 Å². The number of amides is 2. The first-order chi connectivity index (χ1) is 22.4. The van der Waals surface area contributed by atoms with Crippen LogP contribution in [-0.4, -0.2) is 53.7 Å². The molecule has 0 radical (unpaired) electrons. The zero-order valence-corrected chi connectivity index (χ0v) is 27.1. The van der Waals surface area contributed by atoms with Crippen molar-refractivity contribution in [2.45, 2.75) is 59.8 Å². The van der Waals surface area contributed by atoms with E-state index in [0.717, 1.165) is 27.9 Å². The molecule has 0 atom stereocenters. The molecule has 0 saturated carbocycles. The van der Waals surface area contributed by atoms with Gasteiger partial charge in [0.1, 0.15) is 17.2 Å². The maximum atomic E-state index is 13.6. The molecule has 6 rings (SSSR count). The summed E-state index contributed by atoms with van der Waals surface area (Å²) in [5, 5.41) is 22.2. The van der Waals surface area contributed by atoms with Crippen LogP contribution in [0.15, 0.2) is 47.1 Å². The lowest BCUT2D eigenvalue weighted by Crippen LogP contribution is -2.40. The van der Waals surface area contributed by atoms with Gasteiger partial charge in [-0.25, -0.2) is 14.8 Å². The number of nitrogens with one attached hydrogen (secondary N) is 1. The maximum absolute atomic E-state index is 13.6. The second-order valence-electron chi connectivity index (χ2n) is 12.6. The molecule has 5 aromatic rings. The quantitative estimate of drug-likeness (QED) is 0.243. The van der Waals surface area contributed by atoms with E-state index in [-0.39, 0.29) is 24.9 Å². The molecule has 1 aliphatic rings. The van der Waals surface area contributed by atoms with Crippen LogP contribution in [0.3, 0.4) is 0 Å². The number of imidazole rings is 1. The Balaban J connectivity index is 1.27. The molecule has 12 heteroatoms. The first-order valence-electron chi connectivity index (χ1n) is 15.2. The van der Waals surface area contributed by atoms with Crippen LogP contribution in [0.5, 0.6) is 0 Å². The van der Waals surface area contributed by atoms with Gasteiger partial charge >= 0.3 is 6.09 Å². The Kier molecular flexibility index (Phi) is 8.03. The average molecular weight is 634 g/mol. The summed E-state index contributed by atoms with van der Waals surface area (Å²) in [6.07, 6.45) is 3.57. The minimum absolute atomic E-state index is 0.218. The number of ether oxygens (including phenoxy) is 1. The van der Waals surface area contributed by atoms with Crippen molar-refractivity contribution in [3.8, 4) is 28.7 Å². The van der Waals surface area contributed by atoms with Gasteiger partial charge in [-0.2, -0.15) is 5.26 Å². The van der Waals surface area contributed by atoms with E-state index in [1.54, 1.807) is 34.0 Å². The number of anilines is 1. The lowest BCUT2D eigenvalue weighted by atomic mass is 9.95. The second kappa shape index (κ2) is 12.0. The standard InChI is InChI=1S/C35H35N7O5/c1-19-24(15-37-16-25(19)33-40-27-13-21(18-43)12-22(14-36)30(27)46-33)23-8-7-9-26(20(23)2)39-32(44)31-38-28-17-42(11-10-29(28)41(31)6)34(45)47-35(3,4)5/h7-9,12-13,15-16,43H,10-11,17-18H2,1-6H3,(H,39,44). The lowest BCUT2D eigenvalue weighted by Gasteiger charge is -2.29. The van der Waals surface area contributed by atoms with Gasteiger partial charge in [0.15, 0.2) is 11.4 Å². The van der Waals surface area contributed by atoms with Crippen LogP contribution in [0.2, 0.25) is 0 Å². The Labute approximate surface area is 271 Å². The van der Waals surface area contributed by atoms with E-state index < -0.39 is 11.7 Å². The van der Waals surface area contributed by atoms with Crippen molar-refractivity contribution in [1.82, 2.24) is 24.4 Å². The second-order valence-corrected chi connectivity index (χ2v) is 12.6. The molecule has 0 fully saturated rings. The first kappa shape index (κ1) is 31.4. The minimum Gasteiger partial charge on any atom is -0.444 e. The molecule has 0 spiro atoms. The number of aromatic nitrogens is 4. The van der Waals surface area contributed by atoms with Crippen LogP contribution in [0, 0.1) is 25.2 Å². The number of fused-ring (bicyclic) bond motifs is 2. The molecule has 0 aliphatic carbocycles. The zero-order valence-electron chi connectivity index (χ0n) is 27.1. The Hall–Kier alpha value is -5.54. The predicted molar refractivity (Wildman–Crippen MR) is 174 cm³/mol. The van der Waals surface area contributed by atoms with Gasteiger partial charge in [-0.05, 0) is 75.1 Å². The third-order valence-corrected chi connectivity index (χ3v) is 8.28. The zero-order chi connectivity index (χ0) is 33.6. The van der Waals surface area contributed by atoms with Crippen molar-refractivity contribution < 1.29 is 23.8 Å². The molecule has 2 aromatic carbocycles. The van der Waals surface area contributed by atoms with E-state index in [4.69, 9.17) is 9.15 Å². The fourth-order valence-electron chi connectivity index (χ4n) is 5.85. The first-order valence-corrected chi connectivity index (χ1v) is 15.2. The number of nitrogens with zero attached hydrogens (tertiary/aromatic N) is 6. The topological polar surface area (TPSA) is 159 Å². The molecule has 3 aromatic heterocycles. The van der Waals surface area contributed by atoms with Crippen LogP contribution in [-0.2, 0) is 31.4 Å². The predicted octanol–water partition coefficient (Wildman–Crippen LogP) is 5.82. The molecular weight excluding hydrogens is 598 g/mol. The summed E-state index contributed by atoms with van der Waals surface area (Å²) < 4.78 is 13.4. The van der Waals surface area contributed by atoms with Crippen LogP contribution in [0.1, 0.15) is 65.0 Å². The van der Waals surface area contributed by atoms with E-state index in [1.807, 2.05) is 59.9 Å². The molecule has 2 amide bonds. The number of oxazole rings is 1. The van der Waals surface area contributed by atoms with Crippen molar-refractivity contribution in [3.05, 3.63) is 82.2 Å². The van der Waals surface area contributed by atoms with Gasteiger partial charge in [0.05, 0.1) is 30.0 Å². The van der Waals surface area contributed by atoms with Crippen LogP contribution in [0.25, 0.3) is 33.7 Å². The van der Waals surface area contributed by atoms with Crippen LogP contribution < -0.4 is 5.32 Å². The number of aliphatic hydroxyl groups is 1. The molecule has 0 bridgehead atoms. The summed E-state index contributed by atoms with van der Waals surface area (Å²) in [6.45, 7) is 9.87. The lowest BCUT2D eigenvalue weighted by molar-refractivity contribution is 0.0220. The minimum atomic E-state index is -0.605. The Morgan fingerprint density at radius 2 is 1.87 bits per heavy atom. The van der Waals surface area contributed by atoms with E-state index >= 15 is 0 Å². The number of rotatable bonds is 5. The van der Waals surface area contributed by atoms with E-state index in [2.05, 4.69) is 26.3 Å². The van der Waals surface area contributed by atoms with Gasteiger partial charge in [0.25, 0.3) is 5.91 Å². The van der Waals surface area contributed by atoms with Crippen molar-refractivity contribution in [3.63, 3.8) is 0 Å². The van der Waals surface area contributed by atoms with Gasteiger partial charge in [0.2, 0.25) is 5.89 Å². The Morgan fingerprint density at radius 3 is 2.60 bits per heavy atom. The van der Waals surface area contributed by atoms with Crippen molar-refractivity contribution in [2.24, 2.45) is 7.05 Å². The monoisotopic (exact) mass is 633 g/mol. The Morgan fingerprint density at radius 1 is 1.11 bits per heavy atom. The normalized spacial score (nSPS) is 12.9. The number of hydrogen-bond acceptors (Lipinski definition) is 9. The van der Waals surface area contributed by atoms with Crippen molar-refractivity contribution in [1.29, 1.82) is 5.26 Å². The maximum Gasteiger partial charge on any atom is 0.410 e. The Bertz CT molecular complexity index is 2100. The molecule has 47 heavy (non-hydrogen) atoms. The molecule has 4 heterocycles. The fourth-order valence-corrected chi connectivity index (χ4v) is 5.85. The highest BCUT2D eigenvalue weighted by atomic mass is 16.6. The van der Waals surface area contributed by atoms with Gasteiger partial charge in [0, 0.05) is 49.4 Å². The molecule has 0 saturated heterocycles. The number of hydrogen-bond donors (Lipinski definition) is 2. The number of benzene rings is 2. The largest absolute Gasteiger partial charge is 0.444 e. The van der Waals surface area contributed by atoms with Gasteiger partial charge in [-0.15, -0.1) is 0 Å². The highest BCUT2D eigenvalue weighted by molar-refractivity contribution is 6.03. The molecule has 0 unspecified atom stereocenters. The number of carbonyl (C=O) groups excluding carboxylic acids is 2. The summed E-state index contributed by atoms with van der Waals surface area (Å²) in [7, 11) is 1.81. The van der Waals surface area contributed by atoms with Crippen LogP contribution >= 0.6 is 0 Å². The van der Waals surface area contributed by atoms with Gasteiger partial charge < -0.3 is 29.0 Å². The molecular formula is C35H35N7O5. The summed E-state index contributed by atoms with van der Waals surface area (Å²) in [5.74, 6) is 0.198. The fraction of sp³-hybridized carbons (Fsp3) is 0.314. The van der Waals surface area contributed by atoms with Gasteiger partial charge in [-0.1, -0.05) is 12.1 Å². The third kappa shape index (κ3) is 5.93. The van der Waals surface area contributed by atoms with Crippen LogP contribution in [0.4, 0.5) is 10.5 Å². The molecule has 240 valence electrons. The smallest absolute Gasteiger partial charge is 0.410 e. The average Bonchev–Trinajstić information content (AvgIpc) is 3.61. The number of nitriles is 1. The summed E-state index contributed by atoms with van der Waals surface area (Å²) in [4.78, 5) is 41.5. The number of pyridine rings is 1. The summed E-state index contributed by atoms with van der Waals surface area (Å²) >= 11 is 0. The number of aliphatic hydroxyl groups excluding tert-OH is 1. The molecule has 12 nitrogen and oxygen atoms in total. The summed E-state index contributed by atoms with van der Waals surface area (Å²) in [5.41, 5.74) is 7.30. The number of carbonyl (C=O) groups is 2. The van der Waals surface area contributed by atoms with E-state index in [0.29, 0.717) is 58.0 Å². The SMILES string of the molecule is Cc1c(NC(=O)c2nc3c(n2C)CCN(C(=O)OC(C)(C)C)C3)cccc1-c1cncc(-c2nc3cc(CO)cc(C#N)c3o2)c1C. The molecule has 2 N–H and O–H groups in total. The van der Waals surface area contributed by atoms with E-state index in [9.17, 15) is 20.0 Å². The van der Waals surface area contributed by atoms with E-state index in [1.165, 1.54) is 0 Å². The summed E-state index contributed by atoms with van der Waals surface area (Å²) in [6, 6.07) is 11.0. The van der Waals surface area contributed by atoms with Gasteiger partial charge in [-0.3, -0.25) is 9.78 Å². The third-order valence-electron chi connectivity index (χ3n) is 8.28. The van der Waals surface area contributed by atoms with Crippen molar-refractivity contribution >= 4 is 28.8 Å². The highest BCUT2D eigenvalue weighted by Crippen LogP contribution is 2.36. The molecule has 1 aliphatic heterocycles.